The van der Waals surface area contributed by atoms with Crippen LogP contribution in [0.15, 0.2) is 97.2 Å². The fourth-order valence-corrected chi connectivity index (χ4v) is 6.98. The van der Waals surface area contributed by atoms with Crippen molar-refractivity contribution in [1.29, 1.82) is 0 Å². The summed E-state index contributed by atoms with van der Waals surface area (Å²) in [5, 5.41) is 0. The fourth-order valence-electron chi connectivity index (χ4n) is 6.98. The third kappa shape index (κ3) is 49.3. The molecule has 0 aromatic rings. The number of rotatable bonds is 46. The lowest BCUT2D eigenvalue weighted by atomic mass is 10.0. The molecule has 0 aliphatic rings. The van der Waals surface area contributed by atoms with Gasteiger partial charge in [0.1, 0.15) is 13.2 Å². The van der Waals surface area contributed by atoms with Gasteiger partial charge in [0.15, 0.2) is 6.10 Å². The van der Waals surface area contributed by atoms with Crippen molar-refractivity contribution in [1.82, 2.24) is 0 Å². The van der Waals surface area contributed by atoms with Crippen LogP contribution < -0.4 is 0 Å². The minimum Gasteiger partial charge on any atom is -0.462 e. The van der Waals surface area contributed by atoms with Gasteiger partial charge in [-0.2, -0.15) is 0 Å². The lowest BCUT2D eigenvalue weighted by molar-refractivity contribution is -0.166. The zero-order valence-electron chi connectivity index (χ0n) is 41.5. The van der Waals surface area contributed by atoms with E-state index in [1.807, 2.05) is 12.2 Å². The molecule has 1 unspecified atom stereocenters. The first-order chi connectivity index (χ1) is 31.5. The molecule has 364 valence electrons. The second-order valence-electron chi connectivity index (χ2n) is 17.0. The lowest BCUT2D eigenvalue weighted by Crippen LogP contribution is -2.30. The molecule has 0 saturated heterocycles. The van der Waals surface area contributed by atoms with E-state index in [4.69, 9.17) is 14.2 Å². The van der Waals surface area contributed by atoms with Gasteiger partial charge >= 0.3 is 17.9 Å². The van der Waals surface area contributed by atoms with Gasteiger partial charge in [0.05, 0.1) is 0 Å². The Labute approximate surface area is 394 Å². The highest BCUT2D eigenvalue weighted by Crippen LogP contribution is 2.15. The van der Waals surface area contributed by atoms with Crippen LogP contribution >= 0.6 is 0 Å². The summed E-state index contributed by atoms with van der Waals surface area (Å²) in [4.78, 5) is 37.8. The molecular formula is C58H96O6. The molecule has 6 heteroatoms. The lowest BCUT2D eigenvalue weighted by Gasteiger charge is -2.18. The molecule has 0 spiro atoms. The molecule has 6 nitrogen and oxygen atoms in total. The maximum atomic E-state index is 12.7. The summed E-state index contributed by atoms with van der Waals surface area (Å²) >= 11 is 0. The molecule has 0 amide bonds. The Hall–Kier alpha value is -3.67. The number of esters is 3. The van der Waals surface area contributed by atoms with Crippen molar-refractivity contribution in [3.8, 4) is 0 Å². The van der Waals surface area contributed by atoms with Gasteiger partial charge in [-0.05, 0) is 83.5 Å². The SMILES string of the molecule is CC/C=C\C/C=C\C/C=C\C/C=C\CCCCCCCCCCCCCCC(=O)OCC(COC(=O)CCCCCCCCCC)OC(=O)CC/C=C\C/C=C\C/C=C\C/C=C\CC. The average molecular weight is 889 g/mol. The van der Waals surface area contributed by atoms with E-state index in [0.717, 1.165) is 89.9 Å². The van der Waals surface area contributed by atoms with Crippen LogP contribution in [0.25, 0.3) is 0 Å². The molecule has 0 bridgehead atoms. The summed E-state index contributed by atoms with van der Waals surface area (Å²) in [6.07, 6.45) is 68.6. The van der Waals surface area contributed by atoms with E-state index >= 15 is 0 Å². The van der Waals surface area contributed by atoms with E-state index in [2.05, 4.69) is 106 Å². The Morgan fingerprint density at radius 2 is 0.641 bits per heavy atom. The van der Waals surface area contributed by atoms with Crippen LogP contribution in [0.5, 0.6) is 0 Å². The van der Waals surface area contributed by atoms with Gasteiger partial charge in [0.2, 0.25) is 0 Å². The van der Waals surface area contributed by atoms with Crippen LogP contribution in [-0.4, -0.2) is 37.2 Å². The van der Waals surface area contributed by atoms with E-state index in [1.165, 1.54) is 96.3 Å². The average Bonchev–Trinajstić information content (AvgIpc) is 3.29. The minimum atomic E-state index is -0.813. The first-order valence-corrected chi connectivity index (χ1v) is 26.2. The van der Waals surface area contributed by atoms with Crippen molar-refractivity contribution in [3.63, 3.8) is 0 Å². The summed E-state index contributed by atoms with van der Waals surface area (Å²) in [6, 6.07) is 0. The fraction of sp³-hybridized carbons (Fsp3) is 0.672. The Balaban J connectivity index is 4.24. The van der Waals surface area contributed by atoms with Gasteiger partial charge in [-0.15, -0.1) is 0 Å². The summed E-state index contributed by atoms with van der Waals surface area (Å²) < 4.78 is 16.7. The molecule has 0 fully saturated rings. The summed E-state index contributed by atoms with van der Waals surface area (Å²) in [7, 11) is 0. The Morgan fingerprint density at radius 1 is 0.328 bits per heavy atom. The normalized spacial score (nSPS) is 12.9. The van der Waals surface area contributed by atoms with Gasteiger partial charge in [0.25, 0.3) is 0 Å². The summed E-state index contributed by atoms with van der Waals surface area (Å²) in [5.41, 5.74) is 0. The Bertz CT molecular complexity index is 1300. The first kappa shape index (κ1) is 60.3. The molecule has 0 radical (unpaired) electrons. The van der Waals surface area contributed by atoms with Crippen molar-refractivity contribution in [2.75, 3.05) is 13.2 Å². The van der Waals surface area contributed by atoms with Gasteiger partial charge in [0, 0.05) is 19.3 Å². The monoisotopic (exact) mass is 889 g/mol. The quantitative estimate of drug-likeness (QED) is 0.0262. The van der Waals surface area contributed by atoms with Crippen molar-refractivity contribution in [2.45, 2.75) is 239 Å². The standard InChI is InChI=1S/C58H96O6/c1-4-7-10-13-16-19-21-23-24-25-26-27-28-29-30-31-32-33-34-36-37-39-42-45-48-51-57(60)63-54-55(53-62-56(59)50-47-44-41-18-15-12-9-6-3)64-58(61)52-49-46-43-40-38-35-22-20-17-14-11-8-5-2/h7-8,10-11,16-17,19-20,23-24,26-27,35,38,43,46,55H,4-6,9,12-15,18,21-22,25,28-34,36-37,39-42,44-45,47-54H2,1-3H3/b10-7-,11-8-,19-16-,20-17-,24-23-,27-26-,38-35-,46-43-. The van der Waals surface area contributed by atoms with E-state index < -0.39 is 12.1 Å². The van der Waals surface area contributed by atoms with Crippen LogP contribution in [0, 0.1) is 0 Å². The van der Waals surface area contributed by atoms with Crippen LogP contribution in [0.4, 0.5) is 0 Å². The maximum absolute atomic E-state index is 12.7. The highest BCUT2D eigenvalue weighted by Gasteiger charge is 2.19. The predicted octanol–water partition coefficient (Wildman–Crippen LogP) is 17.4. The summed E-state index contributed by atoms with van der Waals surface area (Å²) in [6.45, 7) is 6.31. The molecule has 1 atom stereocenters. The van der Waals surface area contributed by atoms with Gasteiger partial charge in [-0.3, -0.25) is 14.4 Å². The molecule has 0 heterocycles. The van der Waals surface area contributed by atoms with E-state index in [0.29, 0.717) is 19.3 Å². The van der Waals surface area contributed by atoms with Gasteiger partial charge in [-0.25, -0.2) is 0 Å². The largest absolute Gasteiger partial charge is 0.462 e. The zero-order valence-corrected chi connectivity index (χ0v) is 41.5. The maximum Gasteiger partial charge on any atom is 0.306 e. The number of hydrogen-bond acceptors (Lipinski definition) is 6. The number of carbonyl (C=O) groups is 3. The van der Waals surface area contributed by atoms with Crippen molar-refractivity contribution in [2.24, 2.45) is 0 Å². The van der Waals surface area contributed by atoms with Crippen molar-refractivity contribution < 1.29 is 28.6 Å². The van der Waals surface area contributed by atoms with Crippen LogP contribution in [0.1, 0.15) is 233 Å². The van der Waals surface area contributed by atoms with Crippen LogP contribution in [0.2, 0.25) is 0 Å². The molecule has 0 aromatic carbocycles. The number of allylic oxidation sites excluding steroid dienone is 16. The number of carbonyl (C=O) groups excluding carboxylic acids is 3. The van der Waals surface area contributed by atoms with Gasteiger partial charge in [-0.1, -0.05) is 227 Å². The van der Waals surface area contributed by atoms with Crippen molar-refractivity contribution in [3.05, 3.63) is 97.2 Å². The highest BCUT2D eigenvalue weighted by atomic mass is 16.6. The second-order valence-corrected chi connectivity index (χ2v) is 17.0. The Kier molecular flexibility index (Phi) is 49.0. The molecular weight excluding hydrogens is 793 g/mol. The summed E-state index contributed by atoms with van der Waals surface area (Å²) in [5.74, 6) is -0.997. The number of ether oxygens (including phenoxy) is 3. The zero-order chi connectivity index (χ0) is 46.5. The minimum absolute atomic E-state index is 0.106. The Morgan fingerprint density at radius 3 is 1.02 bits per heavy atom. The second kappa shape index (κ2) is 52.0. The number of hydrogen-bond donors (Lipinski definition) is 0. The van der Waals surface area contributed by atoms with Crippen LogP contribution in [0.3, 0.4) is 0 Å². The molecule has 64 heavy (non-hydrogen) atoms. The molecule has 0 aromatic heterocycles. The number of unbranched alkanes of at least 4 members (excludes halogenated alkanes) is 19. The van der Waals surface area contributed by atoms with Crippen molar-refractivity contribution >= 4 is 17.9 Å². The predicted molar refractivity (Wildman–Crippen MR) is 274 cm³/mol. The van der Waals surface area contributed by atoms with Crippen LogP contribution in [-0.2, 0) is 28.6 Å². The van der Waals surface area contributed by atoms with E-state index in [-0.39, 0.29) is 31.6 Å². The topological polar surface area (TPSA) is 78.9 Å². The van der Waals surface area contributed by atoms with E-state index in [9.17, 15) is 14.4 Å². The smallest absolute Gasteiger partial charge is 0.306 e. The molecule has 0 aliphatic carbocycles. The highest BCUT2D eigenvalue weighted by molar-refractivity contribution is 5.71. The molecule has 0 N–H and O–H groups in total. The third-order valence-corrected chi connectivity index (χ3v) is 10.8. The third-order valence-electron chi connectivity index (χ3n) is 10.8. The molecule has 0 rings (SSSR count). The van der Waals surface area contributed by atoms with Gasteiger partial charge < -0.3 is 14.2 Å². The molecule has 0 saturated carbocycles. The van der Waals surface area contributed by atoms with E-state index in [1.54, 1.807) is 0 Å². The first-order valence-electron chi connectivity index (χ1n) is 26.2. The molecule has 0 aliphatic heterocycles.